The molecule has 2 rings (SSSR count). The predicted molar refractivity (Wildman–Crippen MR) is 259 cm³/mol. The number of likely N-dealkylation sites (tertiary alicyclic amines) is 1. The number of hydrogen-bond acceptors (Lipinski definition) is 14. The van der Waals surface area contributed by atoms with Gasteiger partial charge in [-0.2, -0.15) is 0 Å². The van der Waals surface area contributed by atoms with Crippen molar-refractivity contribution in [1.82, 2.24) is 36.4 Å². The summed E-state index contributed by atoms with van der Waals surface area (Å²) in [4.78, 5) is 108. The quantitative estimate of drug-likeness (QED) is 0.0266. The van der Waals surface area contributed by atoms with E-state index in [0.29, 0.717) is 25.8 Å². The molecule has 6 amide bonds. The van der Waals surface area contributed by atoms with Gasteiger partial charge in [-0.1, -0.05) is 85.2 Å². The second-order valence-electron chi connectivity index (χ2n) is 18.7. The van der Waals surface area contributed by atoms with Crippen molar-refractivity contribution in [2.24, 2.45) is 29.4 Å². The number of benzene rings is 1. The Hall–Kier alpha value is -5.18. The summed E-state index contributed by atoms with van der Waals surface area (Å²) in [5, 5.41) is 14.2. The molecule has 1 aliphatic rings. The van der Waals surface area contributed by atoms with Crippen LogP contribution < -0.4 is 32.3 Å². The van der Waals surface area contributed by atoms with Gasteiger partial charge in [-0.3, -0.25) is 39.3 Å². The van der Waals surface area contributed by atoms with Crippen LogP contribution >= 0.6 is 0 Å². The minimum atomic E-state index is -1.15. The van der Waals surface area contributed by atoms with Gasteiger partial charge in [0.15, 0.2) is 6.23 Å². The maximum absolute atomic E-state index is 14.4. The largest absolute Gasteiger partial charge is 0.464 e. The van der Waals surface area contributed by atoms with E-state index in [2.05, 4.69) is 31.3 Å². The van der Waals surface area contributed by atoms with Crippen molar-refractivity contribution < 1.29 is 57.3 Å². The minimum Gasteiger partial charge on any atom is -0.464 e. The van der Waals surface area contributed by atoms with Crippen molar-refractivity contribution in [2.75, 3.05) is 48.0 Å². The fourth-order valence-corrected chi connectivity index (χ4v) is 8.78. The topological polar surface area (TPSA) is 266 Å². The summed E-state index contributed by atoms with van der Waals surface area (Å²) in [6.45, 7) is 15.4. The Morgan fingerprint density at radius 1 is 0.870 bits per heavy atom. The number of methoxy groups -OCH3 is 2. The van der Waals surface area contributed by atoms with Gasteiger partial charge < -0.3 is 55.3 Å². The normalized spacial score (nSPS) is 18.0. The van der Waals surface area contributed by atoms with E-state index in [1.807, 2.05) is 71.9 Å². The lowest BCUT2D eigenvalue weighted by atomic mass is 9.89. The van der Waals surface area contributed by atoms with Crippen LogP contribution in [-0.4, -0.2) is 160 Å². The summed E-state index contributed by atoms with van der Waals surface area (Å²) < 4.78 is 21.8. The minimum absolute atomic E-state index is 0.00426. The lowest BCUT2D eigenvalue weighted by Crippen LogP contribution is -2.59. The Bertz CT molecular complexity index is 1800. The van der Waals surface area contributed by atoms with Gasteiger partial charge in [0, 0.05) is 40.8 Å². The van der Waals surface area contributed by atoms with E-state index in [9.17, 15) is 38.4 Å². The molecule has 7 N–H and O–H groups in total. The highest BCUT2D eigenvalue weighted by molar-refractivity contribution is 5.91. The summed E-state index contributed by atoms with van der Waals surface area (Å²) in [5.74, 6) is -4.11. The molecule has 1 aromatic carbocycles. The van der Waals surface area contributed by atoms with Crippen molar-refractivity contribution in [2.45, 2.75) is 155 Å². The van der Waals surface area contributed by atoms with E-state index in [4.69, 9.17) is 19.9 Å². The van der Waals surface area contributed by atoms with E-state index in [0.717, 1.165) is 5.56 Å². The summed E-state index contributed by atoms with van der Waals surface area (Å²) in [5.41, 5.74) is 6.30. The first-order valence-electron chi connectivity index (χ1n) is 24.2. The number of nitrogens with zero attached hydrogens (tertiary/aromatic N) is 2. The molecule has 0 aromatic heterocycles. The first kappa shape index (κ1) is 59.9. The van der Waals surface area contributed by atoms with Crippen molar-refractivity contribution in [3.63, 3.8) is 0 Å². The molecular weight excluding hydrogens is 893 g/mol. The second-order valence-corrected chi connectivity index (χ2v) is 18.7. The van der Waals surface area contributed by atoms with Gasteiger partial charge in [0.25, 0.3) is 6.47 Å². The first-order chi connectivity index (χ1) is 32.7. The first-order valence-corrected chi connectivity index (χ1v) is 24.2. The Labute approximate surface area is 408 Å². The molecule has 1 unspecified atom stereocenters. The Kier molecular flexibility index (Phi) is 26.4. The third-order valence-corrected chi connectivity index (χ3v) is 12.9. The molecule has 20 heteroatoms. The maximum atomic E-state index is 14.4. The Morgan fingerprint density at radius 2 is 1.52 bits per heavy atom. The fraction of sp³-hybridized carbons (Fsp3) is 0.714. The number of ether oxygens (including phenoxy) is 4. The number of carbonyl (C=O) groups is 8. The molecule has 0 aliphatic carbocycles. The predicted octanol–water partition coefficient (Wildman–Crippen LogP) is 1.42. The standard InChI is InChI=1S/C49H82N8O12/c1-13-31(6)43(56(10)48(64)42(30(4)5)55-47(63)41(51-9)29(2)3)37(66-11)26-40(60)57-23-17-21-36(57)44(67-12)32(7)45(61)54-35(25-34-19-15-14-16-20-34)46(62)52-22-18-24-68-49(65)33(8)53-39(59)27-38(50)69-28-58/h14-16,19-20,28-33,35-38,41-44,51H,13,17-18,21-27,50H2,1-12H3,(H,52,62)(H,53,59)(H,54,61)(H,55,63)/t31-,32+,33-,35-,36-,37+,38?,41-,42-,43-,44+/m0/s1. The van der Waals surface area contributed by atoms with Gasteiger partial charge in [-0.05, 0) is 56.6 Å². The average molecular weight is 975 g/mol. The van der Waals surface area contributed by atoms with Crippen LogP contribution in [0.25, 0.3) is 0 Å². The van der Waals surface area contributed by atoms with Gasteiger partial charge in [-0.25, -0.2) is 4.79 Å². The Morgan fingerprint density at radius 3 is 2.09 bits per heavy atom. The molecule has 1 aromatic rings. The molecule has 0 radical (unpaired) electrons. The molecule has 69 heavy (non-hydrogen) atoms. The molecule has 11 atom stereocenters. The zero-order valence-electron chi connectivity index (χ0n) is 42.9. The summed E-state index contributed by atoms with van der Waals surface area (Å²) in [7, 11) is 6.42. The highest BCUT2D eigenvalue weighted by Crippen LogP contribution is 2.30. The van der Waals surface area contributed by atoms with Crippen LogP contribution in [-0.2, 0) is 63.7 Å². The van der Waals surface area contributed by atoms with Gasteiger partial charge >= 0.3 is 5.97 Å². The van der Waals surface area contributed by atoms with Gasteiger partial charge in [0.05, 0.1) is 55.7 Å². The lowest BCUT2D eigenvalue weighted by molar-refractivity contribution is -0.148. The van der Waals surface area contributed by atoms with E-state index < -0.39 is 84.3 Å². The van der Waals surface area contributed by atoms with Gasteiger partial charge in [0.1, 0.15) is 18.1 Å². The molecule has 390 valence electrons. The van der Waals surface area contributed by atoms with Crippen LogP contribution in [0.3, 0.4) is 0 Å². The number of carbonyl (C=O) groups excluding carboxylic acids is 8. The smallest absolute Gasteiger partial charge is 0.328 e. The second kappa shape index (κ2) is 30.4. The molecular formula is C49H82N8O12. The number of esters is 1. The van der Waals surface area contributed by atoms with E-state index in [-0.39, 0.29) is 80.8 Å². The number of hydrogen-bond donors (Lipinski definition) is 6. The van der Waals surface area contributed by atoms with Crippen LogP contribution in [0, 0.1) is 23.7 Å². The zero-order chi connectivity index (χ0) is 52.0. The van der Waals surface area contributed by atoms with Crippen LogP contribution in [0.2, 0.25) is 0 Å². The highest BCUT2D eigenvalue weighted by Gasteiger charge is 2.43. The van der Waals surface area contributed by atoms with E-state index in [1.165, 1.54) is 21.1 Å². The molecule has 1 fully saturated rings. The van der Waals surface area contributed by atoms with Crippen molar-refractivity contribution >= 4 is 47.9 Å². The van der Waals surface area contributed by atoms with E-state index in [1.54, 1.807) is 30.8 Å². The SMILES string of the molecule is CC[C@H](C)[C@@H]([C@@H](CC(=O)N1CCC[C@H]1[C@H](OC)[C@@H](C)C(=O)N[C@@H](Cc1ccccc1)C(=O)NCCCOC(=O)[C@H](C)NC(=O)CC(N)OC=O)OC)N(C)C(=O)[C@@H](NC(=O)[C@@H](NC)C(C)C)C(C)C. The van der Waals surface area contributed by atoms with Crippen LogP contribution in [0.5, 0.6) is 0 Å². The summed E-state index contributed by atoms with van der Waals surface area (Å²) >= 11 is 0. The average Bonchev–Trinajstić information content (AvgIpc) is 3.79. The molecule has 20 nitrogen and oxygen atoms in total. The van der Waals surface area contributed by atoms with Crippen LogP contribution in [0.1, 0.15) is 99.5 Å². The van der Waals surface area contributed by atoms with Crippen LogP contribution in [0.4, 0.5) is 0 Å². The fourth-order valence-electron chi connectivity index (χ4n) is 8.78. The lowest BCUT2D eigenvalue weighted by Gasteiger charge is -2.41. The monoisotopic (exact) mass is 975 g/mol. The third-order valence-electron chi connectivity index (χ3n) is 12.9. The number of amides is 6. The summed E-state index contributed by atoms with van der Waals surface area (Å²) in [6, 6.07) is 4.91. The van der Waals surface area contributed by atoms with E-state index >= 15 is 0 Å². The molecule has 0 saturated carbocycles. The summed E-state index contributed by atoms with van der Waals surface area (Å²) in [6.07, 6.45) is -0.640. The number of likely N-dealkylation sites (N-methyl/N-ethyl adjacent to an activating group) is 2. The van der Waals surface area contributed by atoms with Crippen molar-refractivity contribution in [3.05, 3.63) is 35.9 Å². The zero-order valence-corrected chi connectivity index (χ0v) is 42.9. The van der Waals surface area contributed by atoms with Gasteiger partial charge in [-0.15, -0.1) is 0 Å². The van der Waals surface area contributed by atoms with Crippen molar-refractivity contribution in [1.29, 1.82) is 0 Å². The molecule has 1 heterocycles. The highest BCUT2D eigenvalue weighted by atomic mass is 16.5. The molecule has 1 saturated heterocycles. The number of rotatable bonds is 31. The number of nitrogens with two attached hydrogens (primary N) is 1. The third kappa shape index (κ3) is 18.6. The van der Waals surface area contributed by atoms with Crippen molar-refractivity contribution in [3.8, 4) is 0 Å². The number of nitrogens with one attached hydrogen (secondary N) is 5. The van der Waals surface area contributed by atoms with Gasteiger partial charge in [0.2, 0.25) is 35.4 Å². The molecule has 0 bridgehead atoms. The Balaban J connectivity index is 2.19. The molecule has 0 spiro atoms. The maximum Gasteiger partial charge on any atom is 0.328 e. The molecule has 1 aliphatic heterocycles. The van der Waals surface area contributed by atoms with Crippen LogP contribution in [0.15, 0.2) is 30.3 Å².